The zero-order valence-corrected chi connectivity index (χ0v) is 11.9. The second-order valence-corrected chi connectivity index (χ2v) is 5.28. The average Bonchev–Trinajstić information content (AvgIpc) is 2.40. The molecular weight excluding hydrogens is 268 g/mol. The van der Waals surface area contributed by atoms with Gasteiger partial charge in [0.15, 0.2) is 0 Å². The van der Waals surface area contributed by atoms with Gasteiger partial charge in [-0.05, 0) is 5.56 Å². The topological polar surface area (TPSA) is 46.3 Å². The van der Waals surface area contributed by atoms with Gasteiger partial charge >= 0.3 is 0 Å². The van der Waals surface area contributed by atoms with E-state index in [0.29, 0.717) is 13.0 Å². The number of carbonyl (C=O) groups is 1. The maximum Gasteiger partial charge on any atom is 0.224 e. The Labute approximate surface area is 119 Å². The van der Waals surface area contributed by atoms with Crippen LogP contribution in [0.15, 0.2) is 30.3 Å². The van der Waals surface area contributed by atoms with Crippen LogP contribution in [-0.4, -0.2) is 35.4 Å². The van der Waals surface area contributed by atoms with Gasteiger partial charge in [0, 0.05) is 31.0 Å². The van der Waals surface area contributed by atoms with Crippen LogP contribution in [0, 0.1) is 0 Å². The largest absolute Gasteiger partial charge is 0.334 e. The van der Waals surface area contributed by atoms with Crippen molar-refractivity contribution in [1.82, 2.24) is 4.90 Å². The van der Waals surface area contributed by atoms with Crippen molar-refractivity contribution in [3.63, 3.8) is 0 Å². The summed E-state index contributed by atoms with van der Waals surface area (Å²) in [4.78, 5) is 14.0. The zero-order chi connectivity index (χ0) is 12.1. The van der Waals surface area contributed by atoms with Crippen LogP contribution >= 0.6 is 24.2 Å². The highest BCUT2D eigenvalue weighted by molar-refractivity contribution is 7.99. The number of nitrogens with zero attached hydrogens (tertiary/aromatic N) is 1. The molecule has 0 spiro atoms. The summed E-state index contributed by atoms with van der Waals surface area (Å²) in [5.74, 6) is 2.20. The van der Waals surface area contributed by atoms with Gasteiger partial charge in [0.2, 0.25) is 5.91 Å². The molecule has 1 unspecified atom stereocenters. The van der Waals surface area contributed by atoms with Crippen molar-refractivity contribution in [2.24, 2.45) is 5.73 Å². The van der Waals surface area contributed by atoms with Crippen molar-refractivity contribution in [3.8, 4) is 0 Å². The van der Waals surface area contributed by atoms with Crippen LogP contribution < -0.4 is 5.73 Å². The van der Waals surface area contributed by atoms with Crippen LogP contribution in [0.2, 0.25) is 0 Å². The van der Waals surface area contributed by atoms with Crippen LogP contribution in [0.25, 0.3) is 0 Å². The van der Waals surface area contributed by atoms with Crippen LogP contribution in [0.5, 0.6) is 0 Å². The van der Waals surface area contributed by atoms with E-state index in [4.69, 9.17) is 5.73 Å². The minimum Gasteiger partial charge on any atom is -0.334 e. The summed E-state index contributed by atoms with van der Waals surface area (Å²) in [5.41, 5.74) is 6.69. The highest BCUT2D eigenvalue weighted by Crippen LogP contribution is 2.29. The van der Waals surface area contributed by atoms with E-state index in [1.54, 1.807) is 0 Å². The molecule has 18 heavy (non-hydrogen) atoms. The highest BCUT2D eigenvalue weighted by atomic mass is 35.5. The van der Waals surface area contributed by atoms with Gasteiger partial charge in [-0.2, -0.15) is 11.8 Å². The summed E-state index contributed by atoms with van der Waals surface area (Å²) < 4.78 is 0. The van der Waals surface area contributed by atoms with Gasteiger partial charge in [0.1, 0.15) is 0 Å². The fourth-order valence-electron chi connectivity index (χ4n) is 2.12. The van der Waals surface area contributed by atoms with Crippen molar-refractivity contribution in [2.45, 2.75) is 12.5 Å². The maximum atomic E-state index is 12.0. The van der Waals surface area contributed by atoms with E-state index >= 15 is 0 Å². The normalized spacial score (nSPS) is 19.2. The Bertz CT molecular complexity index is 375. The molecule has 1 saturated heterocycles. The van der Waals surface area contributed by atoms with E-state index in [1.807, 2.05) is 34.9 Å². The molecule has 2 rings (SSSR count). The van der Waals surface area contributed by atoms with E-state index in [1.165, 1.54) is 5.56 Å². The van der Waals surface area contributed by atoms with Crippen LogP contribution in [0.4, 0.5) is 0 Å². The molecule has 2 N–H and O–H groups in total. The molecule has 100 valence electrons. The van der Waals surface area contributed by atoms with Crippen LogP contribution in [-0.2, 0) is 4.79 Å². The average molecular weight is 287 g/mol. The van der Waals surface area contributed by atoms with E-state index in [9.17, 15) is 4.79 Å². The second-order valence-electron chi connectivity index (χ2n) is 4.13. The third kappa shape index (κ3) is 3.64. The first kappa shape index (κ1) is 15.3. The summed E-state index contributed by atoms with van der Waals surface area (Å²) in [6.45, 7) is 1.27. The Morgan fingerprint density at radius 1 is 1.39 bits per heavy atom. The third-order valence-corrected chi connectivity index (χ3v) is 4.01. The number of nitrogens with two attached hydrogens (primary N) is 1. The molecule has 1 aliphatic rings. The first-order valence-corrected chi connectivity index (χ1v) is 7.10. The molecular formula is C13H19ClN2OS. The molecule has 5 heteroatoms. The summed E-state index contributed by atoms with van der Waals surface area (Å²) in [5, 5.41) is 0. The molecule has 0 bridgehead atoms. The van der Waals surface area contributed by atoms with Crippen molar-refractivity contribution >= 4 is 30.1 Å². The van der Waals surface area contributed by atoms with E-state index in [2.05, 4.69) is 12.1 Å². The number of halogens is 1. The number of hydrogen-bond donors (Lipinski definition) is 1. The van der Waals surface area contributed by atoms with E-state index in [0.717, 1.165) is 18.1 Å². The molecule has 1 fully saturated rings. The molecule has 3 nitrogen and oxygen atoms in total. The predicted octanol–water partition coefficient (Wildman–Crippen LogP) is 2.07. The summed E-state index contributed by atoms with van der Waals surface area (Å²) in [6.07, 6.45) is 0.452. The minimum absolute atomic E-state index is 0. The number of rotatable bonds is 3. The maximum absolute atomic E-state index is 12.0. The lowest BCUT2D eigenvalue weighted by atomic mass is 10.1. The number of thioether (sulfide) groups is 1. The van der Waals surface area contributed by atoms with Gasteiger partial charge in [-0.15, -0.1) is 12.4 Å². The third-order valence-electron chi connectivity index (χ3n) is 2.99. The lowest BCUT2D eigenvalue weighted by molar-refractivity contribution is -0.132. The number of amides is 1. The van der Waals surface area contributed by atoms with Gasteiger partial charge in [-0.25, -0.2) is 0 Å². The van der Waals surface area contributed by atoms with Crippen LogP contribution in [0.3, 0.4) is 0 Å². The molecule has 1 heterocycles. The Balaban J connectivity index is 0.00000162. The van der Waals surface area contributed by atoms with E-state index < -0.39 is 0 Å². The second kappa shape index (κ2) is 7.67. The predicted molar refractivity (Wildman–Crippen MR) is 79.1 cm³/mol. The molecule has 1 atom stereocenters. The number of hydrogen-bond acceptors (Lipinski definition) is 3. The van der Waals surface area contributed by atoms with Crippen LogP contribution in [0.1, 0.15) is 18.0 Å². The molecule has 1 amide bonds. The lowest BCUT2D eigenvalue weighted by Gasteiger charge is -2.35. The first-order chi connectivity index (χ1) is 8.33. The lowest BCUT2D eigenvalue weighted by Crippen LogP contribution is -2.41. The first-order valence-electron chi connectivity index (χ1n) is 5.95. The standard InChI is InChI=1S/C13H18N2OS.ClH/c14-7-6-13(16)15-8-9-17-10-12(15)11-4-2-1-3-5-11;/h1-5,12H,6-10,14H2;1H. The quantitative estimate of drug-likeness (QED) is 0.925. The Kier molecular flexibility index (Phi) is 6.54. The summed E-state index contributed by atoms with van der Waals surface area (Å²) in [6, 6.07) is 10.5. The Morgan fingerprint density at radius 3 is 2.78 bits per heavy atom. The molecule has 0 aliphatic carbocycles. The molecule has 1 aromatic rings. The summed E-state index contributed by atoms with van der Waals surface area (Å²) in [7, 11) is 0. The smallest absolute Gasteiger partial charge is 0.224 e. The highest BCUT2D eigenvalue weighted by Gasteiger charge is 2.27. The van der Waals surface area contributed by atoms with Gasteiger partial charge in [-0.3, -0.25) is 4.79 Å². The van der Waals surface area contributed by atoms with Gasteiger partial charge in [0.05, 0.1) is 6.04 Å². The Morgan fingerprint density at radius 2 is 2.11 bits per heavy atom. The van der Waals surface area contributed by atoms with Gasteiger partial charge < -0.3 is 10.6 Å². The number of carbonyl (C=O) groups excluding carboxylic acids is 1. The van der Waals surface area contributed by atoms with Crippen molar-refractivity contribution in [3.05, 3.63) is 35.9 Å². The zero-order valence-electron chi connectivity index (χ0n) is 10.2. The molecule has 0 radical (unpaired) electrons. The van der Waals surface area contributed by atoms with E-state index in [-0.39, 0.29) is 24.4 Å². The molecule has 0 saturated carbocycles. The number of benzene rings is 1. The fraction of sp³-hybridized carbons (Fsp3) is 0.462. The van der Waals surface area contributed by atoms with Crippen molar-refractivity contribution in [2.75, 3.05) is 24.6 Å². The molecule has 1 aliphatic heterocycles. The molecule has 1 aromatic carbocycles. The molecule has 0 aromatic heterocycles. The fourth-order valence-corrected chi connectivity index (χ4v) is 3.21. The monoisotopic (exact) mass is 286 g/mol. The Hall–Kier alpha value is -0.710. The summed E-state index contributed by atoms with van der Waals surface area (Å²) >= 11 is 1.91. The minimum atomic E-state index is 0. The van der Waals surface area contributed by atoms with Crippen molar-refractivity contribution in [1.29, 1.82) is 0 Å². The van der Waals surface area contributed by atoms with Crippen molar-refractivity contribution < 1.29 is 4.79 Å². The van der Waals surface area contributed by atoms with Gasteiger partial charge in [0.25, 0.3) is 0 Å². The SMILES string of the molecule is Cl.NCCC(=O)N1CCSCC1c1ccccc1. The van der Waals surface area contributed by atoms with Gasteiger partial charge in [-0.1, -0.05) is 30.3 Å².